The molecule has 1 heteroatoms. The minimum Gasteiger partial charge on any atom is -0.310 e. The van der Waals surface area contributed by atoms with Gasteiger partial charge in [0.15, 0.2) is 0 Å². The summed E-state index contributed by atoms with van der Waals surface area (Å²) in [5, 5.41) is 0. The zero-order valence-corrected chi connectivity index (χ0v) is 38.1. The van der Waals surface area contributed by atoms with E-state index in [1.165, 1.54) is 83.5 Å². The second-order valence-electron chi connectivity index (χ2n) is 18.3. The third-order valence-electron chi connectivity index (χ3n) is 14.8. The highest BCUT2D eigenvalue weighted by Crippen LogP contribution is 2.58. The third-order valence-corrected chi connectivity index (χ3v) is 14.8. The van der Waals surface area contributed by atoms with Gasteiger partial charge in [-0.15, -0.1) is 0 Å². The van der Waals surface area contributed by atoms with Crippen LogP contribution in [-0.4, -0.2) is 0 Å². The van der Waals surface area contributed by atoms with Crippen molar-refractivity contribution in [3.8, 4) is 44.5 Å². The number of anilines is 3. The van der Waals surface area contributed by atoms with Crippen molar-refractivity contribution in [2.45, 2.75) is 10.8 Å². The Balaban J connectivity index is 1.00. The van der Waals surface area contributed by atoms with E-state index in [-0.39, 0.29) is 0 Å². The lowest BCUT2D eigenvalue weighted by Crippen LogP contribution is -2.28. The van der Waals surface area contributed by atoms with Crippen molar-refractivity contribution in [1.29, 1.82) is 0 Å². The first-order chi connectivity index (χ1) is 34.2. The van der Waals surface area contributed by atoms with Crippen LogP contribution in [0.1, 0.15) is 44.5 Å². The molecule has 0 amide bonds. The standard InChI is InChI=1S/C68H47N/c1-5-20-48(21-6-1)49-36-38-50(39-37-49)51-22-19-29-57(46-51)69(56-42-40-55(41-43-56)68(54-27-11-4-12-28-54)63-33-16-13-30-59(63)60-31-14-17-34-64(60)68)58-44-45-66-62(47-58)61-32-15-18-35-65(61)67(66,52-23-7-2-8-24-52)53-25-9-3-10-26-53/h1-47H. The Morgan fingerprint density at radius 2 is 0.551 bits per heavy atom. The number of nitrogens with zero attached hydrogens (tertiary/aromatic N) is 1. The molecular formula is C68H47N. The van der Waals surface area contributed by atoms with Crippen LogP contribution in [0.3, 0.4) is 0 Å². The van der Waals surface area contributed by atoms with E-state index < -0.39 is 10.8 Å². The summed E-state index contributed by atoms with van der Waals surface area (Å²) < 4.78 is 0. The maximum absolute atomic E-state index is 2.45. The van der Waals surface area contributed by atoms with E-state index in [1.54, 1.807) is 0 Å². The van der Waals surface area contributed by atoms with Crippen LogP contribution in [0.2, 0.25) is 0 Å². The molecule has 0 bridgehead atoms. The van der Waals surface area contributed by atoms with Crippen LogP contribution in [0, 0.1) is 0 Å². The molecule has 2 aliphatic rings. The molecule has 0 N–H and O–H groups in total. The van der Waals surface area contributed by atoms with Gasteiger partial charge in [-0.1, -0.05) is 249 Å². The van der Waals surface area contributed by atoms with Gasteiger partial charge in [-0.2, -0.15) is 0 Å². The fourth-order valence-electron chi connectivity index (χ4n) is 11.9. The molecule has 0 heterocycles. The molecular weight excluding hydrogens is 831 g/mol. The molecule has 69 heavy (non-hydrogen) atoms. The van der Waals surface area contributed by atoms with E-state index in [4.69, 9.17) is 0 Å². The van der Waals surface area contributed by atoms with E-state index in [0.29, 0.717) is 0 Å². The van der Waals surface area contributed by atoms with Crippen LogP contribution in [0.15, 0.2) is 285 Å². The molecule has 0 saturated heterocycles. The fraction of sp³-hybridized carbons (Fsp3) is 0.0294. The number of fused-ring (bicyclic) bond motifs is 6. The van der Waals surface area contributed by atoms with Gasteiger partial charge in [0.1, 0.15) is 0 Å². The SMILES string of the molecule is c1ccc(-c2ccc(-c3cccc(N(c4ccc(C5(c6ccccc6)c6ccccc6-c6ccccc65)cc4)c4ccc5c(c4)-c4ccccc4C5(c4ccccc4)c4ccccc4)c3)cc2)cc1. The molecule has 0 atom stereocenters. The second kappa shape index (κ2) is 16.5. The van der Waals surface area contributed by atoms with Gasteiger partial charge in [0.25, 0.3) is 0 Å². The summed E-state index contributed by atoms with van der Waals surface area (Å²) in [5.41, 5.74) is 22.4. The summed E-state index contributed by atoms with van der Waals surface area (Å²) in [5.74, 6) is 0. The lowest BCUT2D eigenvalue weighted by atomic mass is 9.67. The van der Waals surface area contributed by atoms with E-state index in [9.17, 15) is 0 Å². The Morgan fingerprint density at radius 1 is 0.203 bits per heavy atom. The molecule has 324 valence electrons. The Hall–Kier alpha value is -8.78. The second-order valence-corrected chi connectivity index (χ2v) is 18.3. The monoisotopic (exact) mass is 877 g/mol. The van der Waals surface area contributed by atoms with Crippen molar-refractivity contribution >= 4 is 17.1 Å². The lowest BCUT2D eigenvalue weighted by molar-refractivity contribution is 0.768. The topological polar surface area (TPSA) is 3.24 Å². The number of benzene rings is 11. The predicted molar refractivity (Wildman–Crippen MR) is 287 cm³/mol. The molecule has 0 spiro atoms. The molecule has 11 aromatic carbocycles. The van der Waals surface area contributed by atoms with Gasteiger partial charge in [0, 0.05) is 17.1 Å². The quantitative estimate of drug-likeness (QED) is 0.140. The Bertz CT molecular complexity index is 3550. The van der Waals surface area contributed by atoms with Gasteiger partial charge < -0.3 is 4.90 Å². The molecule has 1 nitrogen and oxygen atoms in total. The van der Waals surface area contributed by atoms with Crippen molar-refractivity contribution < 1.29 is 0 Å². The van der Waals surface area contributed by atoms with Crippen LogP contribution < -0.4 is 4.90 Å². The third kappa shape index (κ3) is 6.32. The summed E-state index contributed by atoms with van der Waals surface area (Å²) >= 11 is 0. The zero-order valence-electron chi connectivity index (χ0n) is 38.1. The summed E-state index contributed by atoms with van der Waals surface area (Å²) in [6, 6.07) is 105. The molecule has 0 saturated carbocycles. The molecule has 13 rings (SSSR count). The Morgan fingerprint density at radius 3 is 1.06 bits per heavy atom. The minimum atomic E-state index is -0.487. The Labute approximate surface area is 404 Å². The highest BCUT2D eigenvalue weighted by molar-refractivity contribution is 5.91. The largest absolute Gasteiger partial charge is 0.310 e. The van der Waals surface area contributed by atoms with E-state index in [2.05, 4.69) is 290 Å². The number of hydrogen-bond donors (Lipinski definition) is 0. The van der Waals surface area contributed by atoms with Crippen molar-refractivity contribution in [2.75, 3.05) is 4.90 Å². The summed E-state index contributed by atoms with van der Waals surface area (Å²) in [4.78, 5) is 2.45. The van der Waals surface area contributed by atoms with Crippen molar-refractivity contribution in [3.05, 3.63) is 330 Å². The maximum atomic E-state index is 2.45. The Kier molecular flexibility index (Phi) is 9.70. The van der Waals surface area contributed by atoms with Gasteiger partial charge in [-0.05, 0) is 125 Å². The molecule has 2 aliphatic carbocycles. The first kappa shape index (κ1) is 40.5. The first-order valence-electron chi connectivity index (χ1n) is 24.0. The summed E-state index contributed by atoms with van der Waals surface area (Å²) in [6.07, 6.45) is 0. The molecule has 0 unspecified atom stereocenters. The molecule has 0 aliphatic heterocycles. The summed E-state index contributed by atoms with van der Waals surface area (Å²) in [6.45, 7) is 0. The maximum Gasteiger partial charge on any atom is 0.0713 e. The normalized spacial score (nSPS) is 13.4. The lowest BCUT2D eigenvalue weighted by Gasteiger charge is -2.35. The van der Waals surface area contributed by atoms with Gasteiger partial charge in [0.05, 0.1) is 10.8 Å². The smallest absolute Gasteiger partial charge is 0.0713 e. The fourth-order valence-corrected chi connectivity index (χ4v) is 11.9. The van der Waals surface area contributed by atoms with Crippen molar-refractivity contribution in [3.63, 3.8) is 0 Å². The zero-order chi connectivity index (χ0) is 45.8. The van der Waals surface area contributed by atoms with Gasteiger partial charge >= 0.3 is 0 Å². The molecule has 11 aromatic rings. The number of rotatable bonds is 9. The van der Waals surface area contributed by atoms with Crippen molar-refractivity contribution in [2.24, 2.45) is 0 Å². The van der Waals surface area contributed by atoms with Crippen LogP contribution in [0.5, 0.6) is 0 Å². The van der Waals surface area contributed by atoms with E-state index in [0.717, 1.165) is 22.6 Å². The first-order valence-corrected chi connectivity index (χ1v) is 24.0. The van der Waals surface area contributed by atoms with Crippen LogP contribution >= 0.6 is 0 Å². The van der Waals surface area contributed by atoms with Crippen LogP contribution in [-0.2, 0) is 10.8 Å². The average Bonchev–Trinajstić information content (AvgIpc) is 3.91. The van der Waals surface area contributed by atoms with Crippen molar-refractivity contribution in [1.82, 2.24) is 0 Å². The number of hydrogen-bond acceptors (Lipinski definition) is 1. The van der Waals surface area contributed by atoms with Gasteiger partial charge in [0.2, 0.25) is 0 Å². The van der Waals surface area contributed by atoms with Crippen LogP contribution in [0.4, 0.5) is 17.1 Å². The predicted octanol–water partition coefficient (Wildman–Crippen LogP) is 17.2. The minimum absolute atomic E-state index is 0.481. The highest BCUT2D eigenvalue weighted by Gasteiger charge is 2.47. The average molecular weight is 878 g/mol. The van der Waals surface area contributed by atoms with E-state index >= 15 is 0 Å². The van der Waals surface area contributed by atoms with Gasteiger partial charge in [-0.3, -0.25) is 0 Å². The highest BCUT2D eigenvalue weighted by atomic mass is 15.1. The van der Waals surface area contributed by atoms with Crippen LogP contribution in [0.25, 0.3) is 44.5 Å². The molecule has 0 radical (unpaired) electrons. The summed E-state index contributed by atoms with van der Waals surface area (Å²) in [7, 11) is 0. The van der Waals surface area contributed by atoms with Gasteiger partial charge in [-0.25, -0.2) is 0 Å². The molecule has 0 fully saturated rings. The van der Waals surface area contributed by atoms with E-state index in [1.807, 2.05) is 0 Å². The molecule has 0 aromatic heterocycles.